The van der Waals surface area contributed by atoms with E-state index >= 15 is 0 Å². The molecule has 1 unspecified atom stereocenters. The molecule has 3 nitrogen and oxygen atoms in total. The maximum atomic E-state index is 6.34. The predicted molar refractivity (Wildman–Crippen MR) is 90.7 cm³/mol. The van der Waals surface area contributed by atoms with E-state index in [9.17, 15) is 0 Å². The molecule has 2 rings (SSSR count). The van der Waals surface area contributed by atoms with Crippen LogP contribution in [-0.2, 0) is 6.42 Å². The van der Waals surface area contributed by atoms with Crippen molar-refractivity contribution in [1.29, 1.82) is 0 Å². The molecule has 0 aliphatic rings. The molecule has 1 atom stereocenters. The third kappa shape index (κ3) is 3.80. The molecule has 0 aliphatic heterocycles. The highest BCUT2D eigenvalue weighted by atomic mass is 16.5. The van der Waals surface area contributed by atoms with Crippen molar-refractivity contribution < 1.29 is 9.47 Å². The Morgan fingerprint density at radius 3 is 2.36 bits per heavy atom. The second kappa shape index (κ2) is 7.32. The molecule has 0 spiro atoms. The van der Waals surface area contributed by atoms with Crippen LogP contribution >= 0.6 is 0 Å². The highest BCUT2D eigenvalue weighted by Gasteiger charge is 2.10. The Bertz CT molecular complexity index is 637. The van der Waals surface area contributed by atoms with Crippen molar-refractivity contribution in [2.24, 2.45) is 5.73 Å². The van der Waals surface area contributed by atoms with Gasteiger partial charge in [0.05, 0.1) is 14.2 Å². The highest BCUT2D eigenvalue weighted by molar-refractivity contribution is 5.41. The van der Waals surface area contributed by atoms with Crippen molar-refractivity contribution in [2.45, 2.75) is 32.7 Å². The Balaban J connectivity index is 2.07. The Hall–Kier alpha value is -2.00. The first-order chi connectivity index (χ1) is 10.5. The molecule has 22 heavy (non-hydrogen) atoms. The minimum absolute atomic E-state index is 0.0334. The normalized spacial score (nSPS) is 12.0. The van der Waals surface area contributed by atoms with E-state index < -0.39 is 0 Å². The van der Waals surface area contributed by atoms with Crippen LogP contribution in [0.3, 0.4) is 0 Å². The molecule has 0 aromatic heterocycles. The van der Waals surface area contributed by atoms with Gasteiger partial charge < -0.3 is 15.2 Å². The molecule has 0 radical (unpaired) electrons. The largest absolute Gasteiger partial charge is 0.497 e. The van der Waals surface area contributed by atoms with Crippen LogP contribution in [-0.4, -0.2) is 14.2 Å². The van der Waals surface area contributed by atoms with Crippen LogP contribution in [0.15, 0.2) is 36.4 Å². The summed E-state index contributed by atoms with van der Waals surface area (Å²) in [6.45, 7) is 4.24. The van der Waals surface area contributed by atoms with Crippen LogP contribution in [0, 0.1) is 13.8 Å². The first kappa shape index (κ1) is 16.4. The quantitative estimate of drug-likeness (QED) is 0.878. The number of hydrogen-bond donors (Lipinski definition) is 1. The molecule has 0 bridgehead atoms. The smallest absolute Gasteiger partial charge is 0.125 e. The Labute approximate surface area is 133 Å². The van der Waals surface area contributed by atoms with E-state index in [0.717, 1.165) is 29.9 Å². The van der Waals surface area contributed by atoms with Crippen LogP contribution in [0.25, 0.3) is 0 Å². The van der Waals surface area contributed by atoms with Crippen LogP contribution in [0.4, 0.5) is 0 Å². The Morgan fingerprint density at radius 2 is 1.73 bits per heavy atom. The summed E-state index contributed by atoms with van der Waals surface area (Å²) in [5.74, 6) is 1.66. The predicted octanol–water partition coefficient (Wildman–Crippen LogP) is 3.95. The van der Waals surface area contributed by atoms with E-state index in [0.29, 0.717) is 0 Å². The van der Waals surface area contributed by atoms with Gasteiger partial charge in [0.15, 0.2) is 0 Å². The van der Waals surface area contributed by atoms with Gasteiger partial charge in [-0.1, -0.05) is 24.3 Å². The van der Waals surface area contributed by atoms with Gasteiger partial charge in [0.25, 0.3) is 0 Å². The summed E-state index contributed by atoms with van der Waals surface area (Å²) >= 11 is 0. The SMILES string of the molecule is COc1ccc(CCC(N)c2ccc(C)c(C)c2)c(OC)c1. The molecule has 118 valence electrons. The van der Waals surface area contributed by atoms with Crippen LogP contribution in [0.2, 0.25) is 0 Å². The monoisotopic (exact) mass is 299 g/mol. The summed E-state index contributed by atoms with van der Waals surface area (Å²) in [4.78, 5) is 0. The van der Waals surface area contributed by atoms with Gasteiger partial charge in [-0.3, -0.25) is 0 Å². The van der Waals surface area contributed by atoms with Gasteiger partial charge in [0.1, 0.15) is 11.5 Å². The molecule has 0 heterocycles. The summed E-state index contributed by atoms with van der Waals surface area (Å²) in [6, 6.07) is 12.4. The fourth-order valence-corrected chi connectivity index (χ4v) is 2.53. The summed E-state index contributed by atoms with van der Waals surface area (Å²) in [5.41, 5.74) is 11.3. The topological polar surface area (TPSA) is 44.5 Å². The Morgan fingerprint density at radius 1 is 0.955 bits per heavy atom. The van der Waals surface area contributed by atoms with Crippen LogP contribution in [0.1, 0.15) is 34.7 Å². The van der Waals surface area contributed by atoms with Crippen molar-refractivity contribution >= 4 is 0 Å². The average Bonchev–Trinajstić information content (AvgIpc) is 2.54. The number of hydrogen-bond acceptors (Lipinski definition) is 3. The molecule has 3 heteroatoms. The first-order valence-electron chi connectivity index (χ1n) is 7.58. The zero-order valence-corrected chi connectivity index (χ0v) is 13.8. The second-order valence-electron chi connectivity index (χ2n) is 5.67. The van der Waals surface area contributed by atoms with Gasteiger partial charge in [0.2, 0.25) is 0 Å². The van der Waals surface area contributed by atoms with Crippen molar-refractivity contribution in [3.05, 3.63) is 58.7 Å². The zero-order valence-electron chi connectivity index (χ0n) is 13.8. The second-order valence-corrected chi connectivity index (χ2v) is 5.67. The van der Waals surface area contributed by atoms with E-state index in [2.05, 4.69) is 32.0 Å². The van der Waals surface area contributed by atoms with Gasteiger partial charge in [-0.2, -0.15) is 0 Å². The minimum Gasteiger partial charge on any atom is -0.497 e. The molecule has 0 aliphatic carbocycles. The van der Waals surface area contributed by atoms with E-state index in [1.807, 2.05) is 18.2 Å². The molecular formula is C19H25NO2. The van der Waals surface area contributed by atoms with E-state index in [1.54, 1.807) is 14.2 Å². The highest BCUT2D eigenvalue weighted by Crippen LogP contribution is 2.27. The molecule has 2 aromatic carbocycles. The lowest BCUT2D eigenvalue weighted by molar-refractivity contribution is 0.390. The fraction of sp³-hybridized carbons (Fsp3) is 0.368. The van der Waals surface area contributed by atoms with Crippen molar-refractivity contribution in [1.82, 2.24) is 0 Å². The van der Waals surface area contributed by atoms with Crippen molar-refractivity contribution in [2.75, 3.05) is 14.2 Å². The number of ether oxygens (including phenoxy) is 2. The molecule has 2 N–H and O–H groups in total. The zero-order chi connectivity index (χ0) is 16.1. The lowest BCUT2D eigenvalue weighted by Crippen LogP contribution is -2.12. The third-order valence-corrected chi connectivity index (χ3v) is 4.18. The van der Waals surface area contributed by atoms with Gasteiger partial charge in [-0.25, -0.2) is 0 Å². The van der Waals surface area contributed by atoms with Gasteiger partial charge in [0, 0.05) is 12.1 Å². The van der Waals surface area contributed by atoms with Crippen LogP contribution in [0.5, 0.6) is 11.5 Å². The molecular weight excluding hydrogens is 274 g/mol. The van der Waals surface area contributed by atoms with Crippen molar-refractivity contribution in [3.63, 3.8) is 0 Å². The summed E-state index contributed by atoms with van der Waals surface area (Å²) in [7, 11) is 3.34. The fourth-order valence-electron chi connectivity index (χ4n) is 2.53. The number of aryl methyl sites for hydroxylation is 3. The molecule has 0 saturated heterocycles. The molecule has 0 amide bonds. The minimum atomic E-state index is 0.0334. The number of nitrogens with two attached hydrogens (primary N) is 1. The maximum absolute atomic E-state index is 6.34. The number of rotatable bonds is 6. The molecule has 2 aromatic rings. The van der Waals surface area contributed by atoms with E-state index in [-0.39, 0.29) is 6.04 Å². The molecule has 0 saturated carbocycles. The molecule has 0 fully saturated rings. The lowest BCUT2D eigenvalue weighted by atomic mass is 9.96. The lowest BCUT2D eigenvalue weighted by Gasteiger charge is -2.15. The standard InChI is InChI=1S/C19H25NO2/c1-13-5-6-16(11-14(13)2)18(20)10-8-15-7-9-17(21-3)12-19(15)22-4/h5-7,9,11-12,18H,8,10,20H2,1-4H3. The first-order valence-corrected chi connectivity index (χ1v) is 7.58. The number of benzene rings is 2. The average molecular weight is 299 g/mol. The summed E-state index contributed by atoms with van der Waals surface area (Å²) in [5, 5.41) is 0. The maximum Gasteiger partial charge on any atom is 0.125 e. The van der Waals surface area contributed by atoms with Gasteiger partial charge in [-0.05, 0) is 55.0 Å². The van der Waals surface area contributed by atoms with Crippen LogP contribution < -0.4 is 15.2 Å². The summed E-state index contributed by atoms with van der Waals surface area (Å²) < 4.78 is 10.7. The van der Waals surface area contributed by atoms with Crippen molar-refractivity contribution in [3.8, 4) is 11.5 Å². The van der Waals surface area contributed by atoms with Gasteiger partial charge in [-0.15, -0.1) is 0 Å². The van der Waals surface area contributed by atoms with E-state index in [4.69, 9.17) is 15.2 Å². The summed E-state index contributed by atoms with van der Waals surface area (Å²) in [6.07, 6.45) is 1.76. The van der Waals surface area contributed by atoms with Gasteiger partial charge >= 0.3 is 0 Å². The van der Waals surface area contributed by atoms with E-state index in [1.165, 1.54) is 16.7 Å². The Kier molecular flexibility index (Phi) is 5.45. The number of methoxy groups -OCH3 is 2. The third-order valence-electron chi connectivity index (χ3n) is 4.18.